The maximum absolute atomic E-state index is 11.8. The summed E-state index contributed by atoms with van der Waals surface area (Å²) in [6, 6.07) is 8.06. The highest BCUT2D eigenvalue weighted by Crippen LogP contribution is 2.14. The fourth-order valence-corrected chi connectivity index (χ4v) is 2.49. The van der Waals surface area contributed by atoms with Gasteiger partial charge in [0.05, 0.1) is 0 Å². The second kappa shape index (κ2) is 6.57. The second-order valence-electron chi connectivity index (χ2n) is 5.38. The number of hydrogen-bond acceptors (Lipinski definition) is 2. The molecule has 1 heterocycles. The molecule has 1 aliphatic rings. The van der Waals surface area contributed by atoms with Crippen molar-refractivity contribution in [2.45, 2.75) is 32.7 Å². The first-order chi connectivity index (χ1) is 9.15. The van der Waals surface area contributed by atoms with Gasteiger partial charge in [-0.1, -0.05) is 19.1 Å². The van der Waals surface area contributed by atoms with E-state index in [1.807, 2.05) is 31.2 Å². The minimum atomic E-state index is -0.134. The summed E-state index contributed by atoms with van der Waals surface area (Å²) in [6.07, 6.45) is 2.46. The lowest BCUT2D eigenvalue weighted by atomic mass is 9.93. The van der Waals surface area contributed by atoms with E-state index in [-0.39, 0.29) is 6.03 Å². The third-order valence-corrected chi connectivity index (χ3v) is 3.69. The van der Waals surface area contributed by atoms with E-state index in [0.29, 0.717) is 18.5 Å². The van der Waals surface area contributed by atoms with Crippen LogP contribution in [-0.2, 0) is 0 Å². The molecule has 2 rings (SSSR count). The molecule has 2 atom stereocenters. The Bertz CT molecular complexity index is 433. The number of rotatable bonds is 3. The molecule has 0 saturated carbocycles. The SMILES string of the molecule is Cc1cccc(NC(=O)NCC2NCCCC2C)c1. The van der Waals surface area contributed by atoms with Crippen LogP contribution in [0.15, 0.2) is 24.3 Å². The molecule has 4 heteroatoms. The van der Waals surface area contributed by atoms with Gasteiger partial charge in [-0.2, -0.15) is 0 Å². The maximum atomic E-state index is 11.8. The summed E-state index contributed by atoms with van der Waals surface area (Å²) in [5.41, 5.74) is 1.97. The van der Waals surface area contributed by atoms with E-state index in [2.05, 4.69) is 22.9 Å². The summed E-state index contributed by atoms with van der Waals surface area (Å²) in [7, 11) is 0. The third-order valence-electron chi connectivity index (χ3n) is 3.69. The molecule has 4 nitrogen and oxygen atoms in total. The first-order valence-electron chi connectivity index (χ1n) is 7.00. The molecule has 104 valence electrons. The monoisotopic (exact) mass is 261 g/mol. The molecular weight excluding hydrogens is 238 g/mol. The number of urea groups is 1. The predicted octanol–water partition coefficient (Wildman–Crippen LogP) is 2.50. The summed E-state index contributed by atoms with van der Waals surface area (Å²) in [5.74, 6) is 0.619. The lowest BCUT2D eigenvalue weighted by Gasteiger charge is -2.30. The minimum Gasteiger partial charge on any atom is -0.336 e. The molecular formula is C15H23N3O. The molecule has 1 fully saturated rings. The van der Waals surface area contributed by atoms with Gasteiger partial charge in [-0.05, 0) is 49.9 Å². The number of carbonyl (C=O) groups excluding carboxylic acids is 1. The Hall–Kier alpha value is -1.55. The highest BCUT2D eigenvalue weighted by atomic mass is 16.2. The zero-order valence-electron chi connectivity index (χ0n) is 11.7. The molecule has 3 N–H and O–H groups in total. The van der Waals surface area contributed by atoms with Crippen LogP contribution >= 0.6 is 0 Å². The zero-order chi connectivity index (χ0) is 13.7. The first-order valence-corrected chi connectivity index (χ1v) is 7.00. The van der Waals surface area contributed by atoms with Crippen LogP contribution in [0, 0.1) is 12.8 Å². The molecule has 1 aromatic rings. The Morgan fingerprint density at radius 2 is 2.32 bits per heavy atom. The molecule has 19 heavy (non-hydrogen) atoms. The summed E-state index contributed by atoms with van der Waals surface area (Å²) in [4.78, 5) is 11.8. The van der Waals surface area contributed by atoms with E-state index in [1.54, 1.807) is 0 Å². The standard InChI is InChI=1S/C15H23N3O/c1-11-5-3-7-13(9-11)18-15(19)17-10-14-12(2)6-4-8-16-14/h3,5,7,9,12,14,16H,4,6,8,10H2,1-2H3,(H2,17,18,19). The van der Waals surface area contributed by atoms with Gasteiger partial charge in [0.15, 0.2) is 0 Å². The molecule has 1 aromatic carbocycles. The van der Waals surface area contributed by atoms with E-state index < -0.39 is 0 Å². The normalized spacial score (nSPS) is 22.8. The van der Waals surface area contributed by atoms with Crippen LogP contribution in [0.3, 0.4) is 0 Å². The van der Waals surface area contributed by atoms with Gasteiger partial charge in [-0.3, -0.25) is 0 Å². The van der Waals surface area contributed by atoms with Crippen LogP contribution in [0.2, 0.25) is 0 Å². The largest absolute Gasteiger partial charge is 0.336 e. The van der Waals surface area contributed by atoms with Crippen molar-refractivity contribution >= 4 is 11.7 Å². The number of nitrogens with one attached hydrogen (secondary N) is 3. The number of aryl methyl sites for hydroxylation is 1. The predicted molar refractivity (Wildman–Crippen MR) is 78.4 cm³/mol. The maximum Gasteiger partial charge on any atom is 0.319 e. The fourth-order valence-electron chi connectivity index (χ4n) is 2.49. The van der Waals surface area contributed by atoms with Crippen LogP contribution in [-0.4, -0.2) is 25.2 Å². The van der Waals surface area contributed by atoms with E-state index in [4.69, 9.17) is 0 Å². The van der Waals surface area contributed by atoms with Crippen LogP contribution in [0.25, 0.3) is 0 Å². The number of anilines is 1. The highest BCUT2D eigenvalue weighted by Gasteiger charge is 2.20. The van der Waals surface area contributed by atoms with Crippen LogP contribution in [0.5, 0.6) is 0 Å². The van der Waals surface area contributed by atoms with Crippen molar-refractivity contribution in [2.24, 2.45) is 5.92 Å². The number of amides is 2. The van der Waals surface area contributed by atoms with Crippen LogP contribution < -0.4 is 16.0 Å². The van der Waals surface area contributed by atoms with Gasteiger partial charge in [0.2, 0.25) is 0 Å². The van der Waals surface area contributed by atoms with Crippen molar-refractivity contribution < 1.29 is 4.79 Å². The molecule has 0 aromatic heterocycles. The van der Waals surface area contributed by atoms with Crippen molar-refractivity contribution in [3.63, 3.8) is 0 Å². The summed E-state index contributed by atoms with van der Waals surface area (Å²) in [6.45, 7) is 5.97. The van der Waals surface area contributed by atoms with Gasteiger partial charge in [-0.15, -0.1) is 0 Å². The third kappa shape index (κ3) is 4.24. The van der Waals surface area contributed by atoms with Crippen molar-refractivity contribution in [3.05, 3.63) is 29.8 Å². The van der Waals surface area contributed by atoms with Gasteiger partial charge >= 0.3 is 6.03 Å². The van der Waals surface area contributed by atoms with E-state index in [1.165, 1.54) is 12.8 Å². The topological polar surface area (TPSA) is 53.2 Å². The minimum absolute atomic E-state index is 0.134. The van der Waals surface area contributed by atoms with E-state index in [0.717, 1.165) is 17.8 Å². The summed E-state index contributed by atoms with van der Waals surface area (Å²) >= 11 is 0. The lowest BCUT2D eigenvalue weighted by Crippen LogP contribution is -2.48. The molecule has 2 amide bonds. The Kier molecular flexibility index (Phi) is 4.80. The fraction of sp³-hybridized carbons (Fsp3) is 0.533. The quantitative estimate of drug-likeness (QED) is 0.783. The Labute approximate surface area is 115 Å². The molecule has 1 aliphatic heterocycles. The van der Waals surface area contributed by atoms with Gasteiger partial charge in [0, 0.05) is 18.3 Å². The van der Waals surface area contributed by atoms with Crippen molar-refractivity contribution in [1.82, 2.24) is 10.6 Å². The Balaban J connectivity index is 1.78. The molecule has 0 bridgehead atoms. The van der Waals surface area contributed by atoms with Gasteiger partial charge in [-0.25, -0.2) is 4.79 Å². The van der Waals surface area contributed by atoms with Gasteiger partial charge in [0.1, 0.15) is 0 Å². The van der Waals surface area contributed by atoms with Crippen molar-refractivity contribution in [3.8, 4) is 0 Å². The summed E-state index contributed by atoms with van der Waals surface area (Å²) in [5, 5.41) is 9.25. The van der Waals surface area contributed by atoms with E-state index >= 15 is 0 Å². The molecule has 2 unspecified atom stereocenters. The summed E-state index contributed by atoms with van der Waals surface area (Å²) < 4.78 is 0. The van der Waals surface area contributed by atoms with Crippen LogP contribution in [0.1, 0.15) is 25.3 Å². The first kappa shape index (κ1) is 13.9. The average molecular weight is 261 g/mol. The van der Waals surface area contributed by atoms with Gasteiger partial charge in [0.25, 0.3) is 0 Å². The molecule has 1 saturated heterocycles. The highest BCUT2D eigenvalue weighted by molar-refractivity contribution is 5.89. The molecule has 0 radical (unpaired) electrons. The van der Waals surface area contributed by atoms with Crippen molar-refractivity contribution in [1.29, 1.82) is 0 Å². The number of piperidine rings is 1. The molecule has 0 spiro atoms. The number of carbonyl (C=O) groups is 1. The van der Waals surface area contributed by atoms with Crippen LogP contribution in [0.4, 0.5) is 10.5 Å². The Morgan fingerprint density at radius 1 is 1.47 bits per heavy atom. The molecule has 0 aliphatic carbocycles. The lowest BCUT2D eigenvalue weighted by molar-refractivity contribution is 0.244. The zero-order valence-corrected chi connectivity index (χ0v) is 11.7. The van der Waals surface area contributed by atoms with E-state index in [9.17, 15) is 4.79 Å². The number of hydrogen-bond donors (Lipinski definition) is 3. The average Bonchev–Trinajstić information content (AvgIpc) is 2.38. The number of benzene rings is 1. The van der Waals surface area contributed by atoms with Gasteiger partial charge < -0.3 is 16.0 Å². The second-order valence-corrected chi connectivity index (χ2v) is 5.38. The smallest absolute Gasteiger partial charge is 0.319 e. The van der Waals surface area contributed by atoms with Crippen molar-refractivity contribution in [2.75, 3.05) is 18.4 Å². The Morgan fingerprint density at radius 3 is 3.05 bits per heavy atom.